The van der Waals surface area contributed by atoms with Crippen molar-refractivity contribution in [2.75, 3.05) is 19.0 Å². The minimum absolute atomic E-state index is 0.124. The minimum atomic E-state index is -0.958. The van der Waals surface area contributed by atoms with Crippen molar-refractivity contribution in [2.24, 2.45) is 0 Å². The van der Waals surface area contributed by atoms with Gasteiger partial charge in [0, 0.05) is 19.3 Å². The summed E-state index contributed by atoms with van der Waals surface area (Å²) in [5, 5.41) is 17.7. The Morgan fingerprint density at radius 2 is 2.32 bits per heavy atom. The van der Waals surface area contributed by atoms with Crippen LogP contribution >= 0.6 is 0 Å². The topological polar surface area (TPSA) is 105 Å². The molecule has 8 heteroatoms. The van der Waals surface area contributed by atoms with Crippen molar-refractivity contribution in [3.8, 4) is 0 Å². The Morgan fingerprint density at radius 3 is 2.95 bits per heavy atom. The smallest absolute Gasteiger partial charge is 0.319 e. The molecule has 0 radical (unpaired) electrons. The van der Waals surface area contributed by atoms with E-state index in [2.05, 4.69) is 15.7 Å². The Labute approximate surface area is 110 Å². The Balaban J connectivity index is 2.39. The molecule has 0 bridgehead atoms. The lowest BCUT2D eigenvalue weighted by molar-refractivity contribution is -0.137. The summed E-state index contributed by atoms with van der Waals surface area (Å²) in [6, 6.07) is -0.902. The number of aliphatic carboxylic acids is 1. The molecule has 1 aromatic heterocycles. The number of rotatable bonds is 7. The lowest BCUT2D eigenvalue weighted by Gasteiger charge is -2.11. The van der Waals surface area contributed by atoms with Crippen LogP contribution in [0.5, 0.6) is 0 Å². The van der Waals surface area contributed by atoms with Crippen molar-refractivity contribution in [1.29, 1.82) is 0 Å². The second kappa shape index (κ2) is 7.37. The maximum Gasteiger partial charge on any atom is 0.319 e. The summed E-state index contributed by atoms with van der Waals surface area (Å²) < 4.78 is 6.55. The van der Waals surface area contributed by atoms with Gasteiger partial charge in [0.1, 0.15) is 0 Å². The normalized spacial score (nSPS) is 11.9. The van der Waals surface area contributed by atoms with Crippen molar-refractivity contribution < 1.29 is 19.4 Å². The summed E-state index contributed by atoms with van der Waals surface area (Å²) in [6.07, 6.45) is 3.05. The summed E-state index contributed by atoms with van der Waals surface area (Å²) >= 11 is 0. The van der Waals surface area contributed by atoms with Gasteiger partial charge >= 0.3 is 12.0 Å². The first-order valence-corrected chi connectivity index (χ1v) is 5.82. The van der Waals surface area contributed by atoms with Crippen LogP contribution in [0.25, 0.3) is 0 Å². The first-order valence-electron chi connectivity index (χ1n) is 5.82. The number of ether oxygens (including phenoxy) is 1. The largest absolute Gasteiger partial charge is 0.481 e. The van der Waals surface area contributed by atoms with Crippen molar-refractivity contribution >= 4 is 17.7 Å². The summed E-state index contributed by atoms with van der Waals surface area (Å²) in [5.41, 5.74) is 0.538. The number of aromatic nitrogens is 2. The number of nitrogens with zero attached hydrogens (tertiary/aromatic N) is 2. The first-order chi connectivity index (χ1) is 9.01. The highest BCUT2D eigenvalue weighted by atomic mass is 16.5. The van der Waals surface area contributed by atoms with Gasteiger partial charge in [-0.1, -0.05) is 0 Å². The fourth-order valence-corrected chi connectivity index (χ4v) is 1.44. The summed E-state index contributed by atoms with van der Waals surface area (Å²) in [7, 11) is 1.60. The summed E-state index contributed by atoms with van der Waals surface area (Å²) in [6.45, 7) is 2.74. The molecule has 1 heterocycles. The van der Waals surface area contributed by atoms with Gasteiger partial charge in [-0.25, -0.2) is 4.79 Å². The third-order valence-corrected chi connectivity index (χ3v) is 2.27. The van der Waals surface area contributed by atoms with E-state index in [0.717, 1.165) is 0 Å². The van der Waals surface area contributed by atoms with Gasteiger partial charge in [-0.3, -0.25) is 9.48 Å². The van der Waals surface area contributed by atoms with Gasteiger partial charge in [-0.2, -0.15) is 5.10 Å². The lowest BCUT2D eigenvalue weighted by Crippen LogP contribution is -2.37. The van der Waals surface area contributed by atoms with Crippen LogP contribution < -0.4 is 10.6 Å². The molecule has 0 aliphatic carbocycles. The second-order valence-electron chi connectivity index (χ2n) is 4.08. The highest BCUT2D eigenvalue weighted by Crippen LogP contribution is 2.04. The number of hydrogen-bond acceptors (Lipinski definition) is 4. The summed E-state index contributed by atoms with van der Waals surface area (Å²) in [4.78, 5) is 22.0. The molecule has 1 unspecified atom stereocenters. The number of carbonyl (C=O) groups excluding carboxylic acids is 1. The van der Waals surface area contributed by atoms with Gasteiger partial charge < -0.3 is 20.5 Å². The molecule has 0 saturated carbocycles. The third kappa shape index (κ3) is 5.87. The SMILES string of the molecule is COCCn1cc(NC(=O)NC(C)CC(=O)O)cn1. The molecule has 0 aliphatic heterocycles. The monoisotopic (exact) mass is 270 g/mol. The molecule has 0 aliphatic rings. The number of hydrogen-bond donors (Lipinski definition) is 3. The number of urea groups is 1. The first kappa shape index (κ1) is 15.0. The van der Waals surface area contributed by atoms with Crippen LogP contribution in [-0.2, 0) is 16.1 Å². The fraction of sp³-hybridized carbons (Fsp3) is 0.545. The molecule has 0 aromatic carbocycles. The molecule has 0 fully saturated rings. The highest BCUT2D eigenvalue weighted by molar-refractivity contribution is 5.89. The molecule has 19 heavy (non-hydrogen) atoms. The van der Waals surface area contributed by atoms with E-state index in [1.165, 1.54) is 6.20 Å². The van der Waals surface area contributed by atoms with Gasteiger partial charge in [0.2, 0.25) is 0 Å². The maximum absolute atomic E-state index is 11.6. The second-order valence-corrected chi connectivity index (χ2v) is 4.08. The van der Waals surface area contributed by atoms with E-state index in [1.54, 1.807) is 24.9 Å². The zero-order chi connectivity index (χ0) is 14.3. The maximum atomic E-state index is 11.6. The summed E-state index contributed by atoms with van der Waals surface area (Å²) in [5.74, 6) is -0.958. The van der Waals surface area contributed by atoms with Crippen molar-refractivity contribution in [2.45, 2.75) is 25.9 Å². The zero-order valence-corrected chi connectivity index (χ0v) is 10.9. The average molecular weight is 270 g/mol. The number of nitrogens with one attached hydrogen (secondary N) is 2. The predicted molar refractivity (Wildman–Crippen MR) is 68.0 cm³/mol. The molecule has 1 atom stereocenters. The lowest BCUT2D eigenvalue weighted by atomic mass is 10.2. The number of carbonyl (C=O) groups is 2. The number of carboxylic acids is 1. The molecule has 0 spiro atoms. The van der Waals surface area contributed by atoms with Crippen molar-refractivity contribution in [3.63, 3.8) is 0 Å². The number of amides is 2. The van der Waals surface area contributed by atoms with E-state index in [9.17, 15) is 9.59 Å². The van der Waals surface area contributed by atoms with Gasteiger partial charge in [-0.05, 0) is 6.92 Å². The van der Waals surface area contributed by atoms with Crippen LogP contribution in [0, 0.1) is 0 Å². The predicted octanol–water partition coefficient (Wildman–Crippen LogP) is 0.514. The van der Waals surface area contributed by atoms with E-state index in [0.29, 0.717) is 18.8 Å². The molecule has 8 nitrogen and oxygen atoms in total. The van der Waals surface area contributed by atoms with Crippen LogP contribution in [0.4, 0.5) is 10.5 Å². The zero-order valence-electron chi connectivity index (χ0n) is 10.9. The van der Waals surface area contributed by atoms with Crippen molar-refractivity contribution in [3.05, 3.63) is 12.4 Å². The third-order valence-electron chi connectivity index (χ3n) is 2.27. The van der Waals surface area contributed by atoms with Crippen LogP contribution in [0.1, 0.15) is 13.3 Å². The molecule has 1 rings (SSSR count). The van der Waals surface area contributed by atoms with Gasteiger partial charge in [0.25, 0.3) is 0 Å². The number of carboxylic acid groups (broad SMARTS) is 1. The molecular formula is C11H18N4O4. The van der Waals surface area contributed by atoms with E-state index in [1.807, 2.05) is 0 Å². The molecular weight excluding hydrogens is 252 g/mol. The van der Waals surface area contributed by atoms with E-state index < -0.39 is 18.0 Å². The Bertz CT molecular complexity index is 432. The molecule has 3 N–H and O–H groups in total. The van der Waals surface area contributed by atoms with Gasteiger partial charge in [0.15, 0.2) is 0 Å². The standard InChI is InChI=1S/C11H18N4O4/c1-8(5-10(16)17)13-11(18)14-9-6-12-15(7-9)3-4-19-2/h6-8H,3-5H2,1-2H3,(H,16,17)(H2,13,14,18). The van der Waals surface area contributed by atoms with Crippen LogP contribution in [0.15, 0.2) is 12.4 Å². The van der Waals surface area contributed by atoms with Crippen LogP contribution in [0.2, 0.25) is 0 Å². The number of methoxy groups -OCH3 is 1. The van der Waals surface area contributed by atoms with Crippen LogP contribution in [-0.4, -0.2) is 46.6 Å². The Kier molecular flexibility index (Phi) is 5.80. The molecule has 1 aromatic rings. The van der Waals surface area contributed by atoms with E-state index in [4.69, 9.17) is 9.84 Å². The molecule has 0 saturated heterocycles. The highest BCUT2D eigenvalue weighted by Gasteiger charge is 2.11. The minimum Gasteiger partial charge on any atom is -0.481 e. The van der Waals surface area contributed by atoms with Gasteiger partial charge in [-0.15, -0.1) is 0 Å². The van der Waals surface area contributed by atoms with Gasteiger partial charge in [0.05, 0.1) is 31.5 Å². The fourth-order valence-electron chi connectivity index (χ4n) is 1.44. The molecule has 106 valence electrons. The van der Waals surface area contributed by atoms with E-state index in [-0.39, 0.29) is 6.42 Å². The number of anilines is 1. The van der Waals surface area contributed by atoms with Crippen LogP contribution in [0.3, 0.4) is 0 Å². The Morgan fingerprint density at radius 1 is 1.58 bits per heavy atom. The molecule has 2 amide bonds. The quantitative estimate of drug-likeness (QED) is 0.669. The van der Waals surface area contributed by atoms with Crippen molar-refractivity contribution in [1.82, 2.24) is 15.1 Å². The van der Waals surface area contributed by atoms with E-state index >= 15 is 0 Å². The Hall–Kier alpha value is -2.09. The average Bonchev–Trinajstić information content (AvgIpc) is 2.72.